The minimum atomic E-state index is -0.309. The van der Waals surface area contributed by atoms with Gasteiger partial charge in [-0.25, -0.2) is 4.79 Å². The summed E-state index contributed by atoms with van der Waals surface area (Å²) in [6.07, 6.45) is 0. The van der Waals surface area contributed by atoms with Crippen LogP contribution in [0.15, 0.2) is 18.2 Å². The van der Waals surface area contributed by atoms with Gasteiger partial charge in [0, 0.05) is 23.5 Å². The second-order valence-corrected chi connectivity index (χ2v) is 4.98. The van der Waals surface area contributed by atoms with E-state index in [0.717, 1.165) is 17.0 Å². The van der Waals surface area contributed by atoms with Gasteiger partial charge in [0.15, 0.2) is 0 Å². The number of carbonyl (C=O) groups excluding carboxylic acids is 1. The summed E-state index contributed by atoms with van der Waals surface area (Å²) in [5.41, 5.74) is 3.40. The predicted molar refractivity (Wildman–Crippen MR) is 81.9 cm³/mol. The Labute approximate surface area is 127 Å². The molecule has 1 aromatic heterocycles. The van der Waals surface area contributed by atoms with Crippen molar-refractivity contribution in [2.24, 2.45) is 0 Å². The number of H-pyrrole nitrogens is 1. The fourth-order valence-electron chi connectivity index (χ4n) is 1.92. The number of aryl methyl sites for hydroxylation is 2. The van der Waals surface area contributed by atoms with E-state index in [1.54, 1.807) is 18.2 Å². The second kappa shape index (κ2) is 6.49. The van der Waals surface area contributed by atoms with Crippen molar-refractivity contribution < 1.29 is 9.53 Å². The number of ether oxygens (including phenoxy) is 1. The topological polar surface area (TPSA) is 79.0 Å². The fourth-order valence-corrected chi connectivity index (χ4v) is 2.18. The minimum Gasteiger partial charge on any atom is -0.495 e. The molecular formula is C14H17ClN4O2. The van der Waals surface area contributed by atoms with Crippen LogP contribution < -0.4 is 15.4 Å². The number of nitrogens with zero attached hydrogens (tertiary/aromatic N) is 1. The van der Waals surface area contributed by atoms with Crippen LogP contribution in [0.4, 0.5) is 10.5 Å². The molecule has 0 bridgehead atoms. The van der Waals surface area contributed by atoms with Crippen LogP contribution in [0.3, 0.4) is 0 Å². The van der Waals surface area contributed by atoms with Crippen LogP contribution in [0.2, 0.25) is 5.02 Å². The van der Waals surface area contributed by atoms with Crippen molar-refractivity contribution >= 4 is 23.3 Å². The van der Waals surface area contributed by atoms with Crippen LogP contribution in [0, 0.1) is 13.8 Å². The predicted octanol–water partition coefficient (Wildman–Crippen LogP) is 3.01. The number of amides is 2. The average Bonchev–Trinajstić information content (AvgIpc) is 2.76. The van der Waals surface area contributed by atoms with Crippen molar-refractivity contribution in [1.29, 1.82) is 0 Å². The van der Waals surface area contributed by atoms with Gasteiger partial charge in [-0.15, -0.1) is 0 Å². The molecule has 1 heterocycles. The summed E-state index contributed by atoms with van der Waals surface area (Å²) in [6.45, 7) is 4.21. The molecule has 0 aliphatic carbocycles. The molecule has 21 heavy (non-hydrogen) atoms. The zero-order valence-corrected chi connectivity index (χ0v) is 12.8. The van der Waals surface area contributed by atoms with Gasteiger partial charge in [0.05, 0.1) is 17.8 Å². The number of anilines is 1. The quantitative estimate of drug-likeness (QED) is 0.812. The van der Waals surface area contributed by atoms with Crippen LogP contribution in [-0.4, -0.2) is 23.3 Å². The van der Waals surface area contributed by atoms with E-state index in [-0.39, 0.29) is 6.03 Å². The molecule has 0 atom stereocenters. The number of carbonyl (C=O) groups is 1. The highest BCUT2D eigenvalue weighted by molar-refractivity contribution is 6.32. The summed E-state index contributed by atoms with van der Waals surface area (Å²) in [6, 6.07) is 4.74. The van der Waals surface area contributed by atoms with Crippen molar-refractivity contribution in [3.63, 3.8) is 0 Å². The largest absolute Gasteiger partial charge is 0.495 e. The van der Waals surface area contributed by atoms with Crippen LogP contribution >= 0.6 is 11.6 Å². The highest BCUT2D eigenvalue weighted by atomic mass is 35.5. The Morgan fingerprint density at radius 2 is 2.19 bits per heavy atom. The van der Waals surface area contributed by atoms with E-state index in [1.165, 1.54) is 7.11 Å². The monoisotopic (exact) mass is 308 g/mol. The Hall–Kier alpha value is -2.21. The molecule has 1 aromatic carbocycles. The van der Waals surface area contributed by atoms with Gasteiger partial charge in [-0.2, -0.15) is 5.10 Å². The van der Waals surface area contributed by atoms with Crippen LogP contribution in [0.1, 0.15) is 17.0 Å². The number of hydrogen-bond acceptors (Lipinski definition) is 3. The van der Waals surface area contributed by atoms with E-state index >= 15 is 0 Å². The maximum Gasteiger partial charge on any atom is 0.319 e. The van der Waals surface area contributed by atoms with Gasteiger partial charge in [0.25, 0.3) is 0 Å². The number of benzene rings is 1. The first-order valence-corrected chi connectivity index (χ1v) is 6.78. The van der Waals surface area contributed by atoms with Gasteiger partial charge in [-0.3, -0.25) is 5.10 Å². The molecule has 0 saturated carbocycles. The zero-order chi connectivity index (χ0) is 15.4. The lowest BCUT2D eigenvalue weighted by molar-refractivity contribution is 0.251. The number of halogens is 1. The Bertz CT molecular complexity index is 635. The lowest BCUT2D eigenvalue weighted by Gasteiger charge is -2.09. The standard InChI is InChI=1S/C14H17ClN4O2/c1-8-11(9(2)19-18-8)7-16-14(20)17-10-4-5-13(21-3)12(15)6-10/h4-6H,7H2,1-3H3,(H,18,19)(H2,16,17,20). The molecule has 6 nitrogen and oxygen atoms in total. The maximum absolute atomic E-state index is 11.9. The van der Waals surface area contributed by atoms with Crippen LogP contribution in [0.5, 0.6) is 5.75 Å². The molecule has 0 fully saturated rings. The van der Waals surface area contributed by atoms with E-state index < -0.39 is 0 Å². The number of rotatable bonds is 4. The van der Waals surface area contributed by atoms with Crippen molar-refractivity contribution in [2.45, 2.75) is 20.4 Å². The van der Waals surface area contributed by atoms with Gasteiger partial charge in [-0.1, -0.05) is 11.6 Å². The van der Waals surface area contributed by atoms with Gasteiger partial charge < -0.3 is 15.4 Å². The lowest BCUT2D eigenvalue weighted by atomic mass is 10.2. The number of urea groups is 1. The molecule has 0 radical (unpaired) electrons. The van der Waals surface area contributed by atoms with E-state index in [9.17, 15) is 4.79 Å². The Morgan fingerprint density at radius 3 is 2.76 bits per heavy atom. The highest BCUT2D eigenvalue weighted by Gasteiger charge is 2.09. The molecule has 0 saturated heterocycles. The number of nitrogens with one attached hydrogen (secondary N) is 3. The maximum atomic E-state index is 11.9. The van der Waals surface area contributed by atoms with E-state index in [1.807, 2.05) is 13.8 Å². The third kappa shape index (κ3) is 3.66. The van der Waals surface area contributed by atoms with Gasteiger partial charge in [0.2, 0.25) is 0 Å². The smallest absolute Gasteiger partial charge is 0.319 e. The number of aromatic amines is 1. The van der Waals surface area contributed by atoms with Crippen molar-refractivity contribution in [3.05, 3.63) is 40.2 Å². The van der Waals surface area contributed by atoms with Crippen molar-refractivity contribution in [3.8, 4) is 5.75 Å². The number of aromatic nitrogens is 2. The van der Waals surface area contributed by atoms with E-state index in [2.05, 4.69) is 20.8 Å². The normalized spacial score (nSPS) is 10.3. The molecule has 2 amide bonds. The summed E-state index contributed by atoms with van der Waals surface area (Å²) in [7, 11) is 1.54. The van der Waals surface area contributed by atoms with Crippen LogP contribution in [-0.2, 0) is 6.54 Å². The first-order valence-electron chi connectivity index (χ1n) is 6.40. The van der Waals surface area contributed by atoms with E-state index in [0.29, 0.717) is 23.0 Å². The average molecular weight is 309 g/mol. The fraction of sp³-hybridized carbons (Fsp3) is 0.286. The van der Waals surface area contributed by atoms with Crippen molar-refractivity contribution in [2.75, 3.05) is 12.4 Å². The molecule has 112 valence electrons. The molecule has 0 spiro atoms. The minimum absolute atomic E-state index is 0.309. The molecule has 0 unspecified atom stereocenters. The number of methoxy groups -OCH3 is 1. The van der Waals surface area contributed by atoms with Gasteiger partial charge >= 0.3 is 6.03 Å². The highest BCUT2D eigenvalue weighted by Crippen LogP contribution is 2.27. The summed E-state index contributed by atoms with van der Waals surface area (Å²) in [4.78, 5) is 11.9. The van der Waals surface area contributed by atoms with Gasteiger partial charge in [0.1, 0.15) is 5.75 Å². The Balaban J connectivity index is 1.94. The zero-order valence-electron chi connectivity index (χ0n) is 12.1. The molecule has 0 aliphatic heterocycles. The molecule has 3 N–H and O–H groups in total. The van der Waals surface area contributed by atoms with Gasteiger partial charge in [-0.05, 0) is 32.0 Å². The first kappa shape index (κ1) is 15.2. The lowest BCUT2D eigenvalue weighted by Crippen LogP contribution is -2.28. The number of hydrogen-bond donors (Lipinski definition) is 3. The molecule has 2 rings (SSSR count). The second-order valence-electron chi connectivity index (χ2n) is 4.57. The molecule has 7 heteroatoms. The first-order chi connectivity index (χ1) is 10.0. The SMILES string of the molecule is COc1ccc(NC(=O)NCc2c(C)n[nH]c2C)cc1Cl. The molecule has 0 aliphatic rings. The van der Waals surface area contributed by atoms with Crippen LogP contribution in [0.25, 0.3) is 0 Å². The molecular weight excluding hydrogens is 292 g/mol. The Morgan fingerprint density at radius 1 is 1.43 bits per heavy atom. The molecule has 2 aromatic rings. The summed E-state index contributed by atoms with van der Waals surface area (Å²) < 4.78 is 5.06. The summed E-state index contributed by atoms with van der Waals surface area (Å²) in [5.74, 6) is 0.562. The van der Waals surface area contributed by atoms with Crippen molar-refractivity contribution in [1.82, 2.24) is 15.5 Å². The third-order valence-electron chi connectivity index (χ3n) is 3.12. The van der Waals surface area contributed by atoms with E-state index in [4.69, 9.17) is 16.3 Å². The Kier molecular flexibility index (Phi) is 4.70. The summed E-state index contributed by atoms with van der Waals surface area (Å²) in [5, 5.41) is 12.9. The third-order valence-corrected chi connectivity index (χ3v) is 3.41. The summed E-state index contributed by atoms with van der Waals surface area (Å²) >= 11 is 6.00.